The van der Waals surface area contributed by atoms with Gasteiger partial charge in [0.25, 0.3) is 0 Å². The summed E-state index contributed by atoms with van der Waals surface area (Å²) in [6, 6.07) is 5.72. The molecule has 0 saturated carbocycles. The van der Waals surface area contributed by atoms with Crippen LogP contribution in [0.2, 0.25) is 5.02 Å². The molecule has 0 bridgehead atoms. The molecule has 2 atom stereocenters. The molecule has 0 N–H and O–H groups in total. The SMILES string of the molecule is CC1CC(C)CN(CCOc2ccc(Br)cc2Cl)C1. The van der Waals surface area contributed by atoms with E-state index in [1.807, 2.05) is 18.2 Å². The minimum Gasteiger partial charge on any atom is -0.491 e. The van der Waals surface area contributed by atoms with E-state index in [2.05, 4.69) is 34.7 Å². The highest BCUT2D eigenvalue weighted by molar-refractivity contribution is 9.10. The number of nitrogens with zero attached hydrogens (tertiary/aromatic N) is 1. The first-order valence-electron chi connectivity index (χ1n) is 6.85. The minimum atomic E-state index is 0.662. The fourth-order valence-electron chi connectivity index (χ4n) is 2.85. The van der Waals surface area contributed by atoms with E-state index in [9.17, 15) is 0 Å². The van der Waals surface area contributed by atoms with Crippen molar-refractivity contribution >= 4 is 27.5 Å². The number of halogens is 2. The van der Waals surface area contributed by atoms with Gasteiger partial charge >= 0.3 is 0 Å². The van der Waals surface area contributed by atoms with Crippen LogP contribution < -0.4 is 4.74 Å². The number of rotatable bonds is 4. The van der Waals surface area contributed by atoms with Crippen molar-refractivity contribution < 1.29 is 4.74 Å². The van der Waals surface area contributed by atoms with Gasteiger partial charge in [0.15, 0.2) is 0 Å². The summed E-state index contributed by atoms with van der Waals surface area (Å²) in [5, 5.41) is 0.662. The number of likely N-dealkylation sites (tertiary alicyclic amines) is 1. The van der Waals surface area contributed by atoms with Crippen LogP contribution in [0.5, 0.6) is 5.75 Å². The monoisotopic (exact) mass is 345 g/mol. The van der Waals surface area contributed by atoms with E-state index >= 15 is 0 Å². The van der Waals surface area contributed by atoms with E-state index in [1.165, 1.54) is 19.5 Å². The van der Waals surface area contributed by atoms with E-state index in [1.54, 1.807) is 0 Å². The summed E-state index contributed by atoms with van der Waals surface area (Å²) >= 11 is 9.52. The number of ether oxygens (including phenoxy) is 1. The third-order valence-electron chi connectivity index (χ3n) is 3.50. The van der Waals surface area contributed by atoms with Gasteiger partial charge in [0, 0.05) is 24.1 Å². The molecule has 2 nitrogen and oxygen atoms in total. The third-order valence-corrected chi connectivity index (χ3v) is 4.29. The fourth-order valence-corrected chi connectivity index (χ4v) is 3.58. The van der Waals surface area contributed by atoms with Crippen LogP contribution in [0, 0.1) is 11.8 Å². The molecule has 1 aromatic rings. The summed E-state index contributed by atoms with van der Waals surface area (Å²) < 4.78 is 6.75. The highest BCUT2D eigenvalue weighted by Gasteiger charge is 2.21. The lowest BCUT2D eigenvalue weighted by atomic mass is 9.92. The molecule has 0 radical (unpaired) electrons. The Hall–Kier alpha value is -0.250. The summed E-state index contributed by atoms with van der Waals surface area (Å²) in [6.45, 7) is 8.69. The van der Waals surface area contributed by atoms with Crippen LogP contribution in [-0.4, -0.2) is 31.1 Å². The zero-order valence-electron chi connectivity index (χ0n) is 11.5. The van der Waals surface area contributed by atoms with E-state index in [-0.39, 0.29) is 0 Å². The molecule has 19 heavy (non-hydrogen) atoms. The average molecular weight is 347 g/mol. The second-order valence-electron chi connectivity index (χ2n) is 5.63. The molecule has 1 aliphatic heterocycles. The van der Waals surface area contributed by atoms with Crippen LogP contribution in [0.1, 0.15) is 20.3 Å². The van der Waals surface area contributed by atoms with Crippen molar-refractivity contribution in [3.05, 3.63) is 27.7 Å². The molecule has 0 spiro atoms. The first-order chi connectivity index (χ1) is 9.04. The maximum Gasteiger partial charge on any atom is 0.138 e. The molecular formula is C15H21BrClNO. The van der Waals surface area contributed by atoms with Gasteiger partial charge in [0.2, 0.25) is 0 Å². The summed E-state index contributed by atoms with van der Waals surface area (Å²) in [7, 11) is 0. The third kappa shape index (κ3) is 4.66. The van der Waals surface area contributed by atoms with Crippen molar-refractivity contribution in [1.82, 2.24) is 4.90 Å². The van der Waals surface area contributed by atoms with Crippen molar-refractivity contribution in [2.24, 2.45) is 11.8 Å². The van der Waals surface area contributed by atoms with Crippen molar-refractivity contribution in [3.8, 4) is 5.75 Å². The zero-order chi connectivity index (χ0) is 13.8. The van der Waals surface area contributed by atoms with Gasteiger partial charge < -0.3 is 4.74 Å². The predicted octanol–water partition coefficient (Wildman–Crippen LogP) is 4.46. The van der Waals surface area contributed by atoms with Gasteiger partial charge in [-0.1, -0.05) is 41.4 Å². The van der Waals surface area contributed by atoms with Gasteiger partial charge in [-0.3, -0.25) is 4.90 Å². The maximum absolute atomic E-state index is 6.13. The molecule has 4 heteroatoms. The van der Waals surface area contributed by atoms with Crippen LogP contribution in [0.4, 0.5) is 0 Å². The fraction of sp³-hybridized carbons (Fsp3) is 0.600. The summed E-state index contributed by atoms with van der Waals surface area (Å²) in [5.41, 5.74) is 0. The van der Waals surface area contributed by atoms with Crippen LogP contribution in [-0.2, 0) is 0 Å². The molecule has 2 rings (SSSR count). The van der Waals surface area contributed by atoms with E-state index in [4.69, 9.17) is 16.3 Å². The Balaban J connectivity index is 1.80. The largest absolute Gasteiger partial charge is 0.491 e. The van der Waals surface area contributed by atoms with Crippen molar-refractivity contribution in [3.63, 3.8) is 0 Å². The van der Waals surface area contributed by atoms with Crippen molar-refractivity contribution in [1.29, 1.82) is 0 Å². The molecule has 106 valence electrons. The second-order valence-corrected chi connectivity index (χ2v) is 6.95. The lowest BCUT2D eigenvalue weighted by Crippen LogP contribution is -2.40. The van der Waals surface area contributed by atoms with Crippen molar-refractivity contribution in [2.45, 2.75) is 20.3 Å². The molecule has 1 aliphatic rings. The Bertz CT molecular complexity index is 417. The van der Waals surface area contributed by atoms with Crippen LogP contribution in [0.15, 0.2) is 22.7 Å². The first-order valence-corrected chi connectivity index (χ1v) is 8.02. The molecule has 2 unspecified atom stereocenters. The molecule has 1 aromatic carbocycles. The molecular weight excluding hydrogens is 326 g/mol. The normalized spacial score (nSPS) is 24.4. The Morgan fingerprint density at radius 2 is 2.00 bits per heavy atom. The van der Waals surface area contributed by atoms with E-state index in [0.29, 0.717) is 11.6 Å². The number of hydrogen-bond acceptors (Lipinski definition) is 2. The Morgan fingerprint density at radius 1 is 1.32 bits per heavy atom. The highest BCUT2D eigenvalue weighted by atomic mass is 79.9. The molecule has 1 fully saturated rings. The quantitative estimate of drug-likeness (QED) is 0.798. The Labute approximate surface area is 129 Å². The van der Waals surface area contributed by atoms with E-state index < -0.39 is 0 Å². The highest BCUT2D eigenvalue weighted by Crippen LogP contribution is 2.27. The van der Waals surface area contributed by atoms with Gasteiger partial charge in [0.05, 0.1) is 5.02 Å². The molecule has 0 aliphatic carbocycles. The Morgan fingerprint density at radius 3 is 2.63 bits per heavy atom. The van der Waals surface area contributed by atoms with Gasteiger partial charge in [0.1, 0.15) is 12.4 Å². The first kappa shape index (κ1) is 15.1. The minimum absolute atomic E-state index is 0.662. The zero-order valence-corrected chi connectivity index (χ0v) is 13.9. The standard InChI is InChI=1S/C15H21BrClNO/c1-11-7-12(2)10-18(9-11)5-6-19-15-4-3-13(16)8-14(15)17/h3-4,8,11-12H,5-7,9-10H2,1-2H3. The van der Waals surface area contributed by atoms with Gasteiger partial charge in [-0.15, -0.1) is 0 Å². The smallest absolute Gasteiger partial charge is 0.138 e. The van der Waals surface area contributed by atoms with Gasteiger partial charge in [-0.2, -0.15) is 0 Å². The average Bonchev–Trinajstić information content (AvgIpc) is 2.30. The Kier molecular flexibility index (Phi) is 5.55. The summed E-state index contributed by atoms with van der Waals surface area (Å²) in [4.78, 5) is 2.49. The summed E-state index contributed by atoms with van der Waals surface area (Å²) in [6.07, 6.45) is 1.34. The molecule has 0 amide bonds. The lowest BCUT2D eigenvalue weighted by molar-refractivity contribution is 0.120. The number of piperidine rings is 1. The lowest BCUT2D eigenvalue weighted by Gasteiger charge is -2.34. The summed E-state index contributed by atoms with van der Waals surface area (Å²) in [5.74, 6) is 2.35. The van der Waals surface area contributed by atoms with Crippen LogP contribution >= 0.6 is 27.5 Å². The number of benzene rings is 1. The molecule has 1 heterocycles. The number of hydrogen-bond donors (Lipinski definition) is 0. The van der Waals surface area contributed by atoms with E-state index in [0.717, 1.165) is 28.6 Å². The predicted molar refractivity (Wildman–Crippen MR) is 84.0 cm³/mol. The second kappa shape index (κ2) is 6.96. The molecule has 0 aromatic heterocycles. The van der Waals surface area contributed by atoms with Crippen LogP contribution in [0.3, 0.4) is 0 Å². The van der Waals surface area contributed by atoms with Gasteiger partial charge in [-0.05, 0) is 36.5 Å². The van der Waals surface area contributed by atoms with Crippen molar-refractivity contribution in [2.75, 3.05) is 26.2 Å². The maximum atomic E-state index is 6.13. The van der Waals surface area contributed by atoms with Crippen LogP contribution in [0.25, 0.3) is 0 Å². The van der Waals surface area contributed by atoms with Gasteiger partial charge in [-0.25, -0.2) is 0 Å². The molecule has 1 saturated heterocycles. The topological polar surface area (TPSA) is 12.5 Å².